The van der Waals surface area contributed by atoms with Crippen LogP contribution in [-0.4, -0.2) is 4.92 Å². The van der Waals surface area contributed by atoms with E-state index in [2.05, 4.69) is 31.9 Å². The summed E-state index contributed by atoms with van der Waals surface area (Å²) in [5.74, 6) is 0. The SMILES string of the molecule is O=[N+]([O-])c1cc(COCc2cccc(Br)c2)ccc1Br. The average Bonchev–Trinajstić information content (AvgIpc) is 2.40. The minimum atomic E-state index is -0.415. The highest BCUT2D eigenvalue weighted by Gasteiger charge is 2.12. The predicted molar refractivity (Wildman–Crippen MR) is 83.4 cm³/mol. The number of nitro groups is 1. The second kappa shape index (κ2) is 6.97. The quantitative estimate of drug-likeness (QED) is 0.533. The van der Waals surface area contributed by atoms with Crippen molar-refractivity contribution in [1.82, 2.24) is 0 Å². The predicted octanol–water partition coefficient (Wildman–Crippen LogP) is 4.84. The molecule has 0 aromatic heterocycles. The molecule has 0 radical (unpaired) electrons. The summed E-state index contributed by atoms with van der Waals surface area (Å²) in [6.45, 7) is 0.796. The van der Waals surface area contributed by atoms with E-state index in [0.717, 1.165) is 15.6 Å². The molecule has 2 aromatic carbocycles. The van der Waals surface area contributed by atoms with Crippen LogP contribution in [0.3, 0.4) is 0 Å². The molecule has 2 rings (SSSR count). The maximum Gasteiger partial charge on any atom is 0.283 e. The minimum absolute atomic E-state index is 0.0496. The Balaban J connectivity index is 1.97. The highest BCUT2D eigenvalue weighted by molar-refractivity contribution is 9.10. The summed E-state index contributed by atoms with van der Waals surface area (Å²) in [5, 5.41) is 10.8. The molecule has 0 aliphatic carbocycles. The standard InChI is InChI=1S/C14H11Br2NO3/c15-12-3-1-2-10(6-12)8-20-9-11-4-5-13(16)14(7-11)17(18)19/h1-7H,8-9H2. The van der Waals surface area contributed by atoms with Crippen molar-refractivity contribution in [1.29, 1.82) is 0 Å². The second-order valence-corrected chi connectivity index (χ2v) is 5.94. The van der Waals surface area contributed by atoms with Crippen molar-refractivity contribution in [2.75, 3.05) is 0 Å². The van der Waals surface area contributed by atoms with Crippen LogP contribution in [0.15, 0.2) is 51.4 Å². The number of rotatable bonds is 5. The smallest absolute Gasteiger partial charge is 0.283 e. The molecule has 0 aliphatic heterocycles. The van der Waals surface area contributed by atoms with Gasteiger partial charge in [-0.15, -0.1) is 0 Å². The number of hydrogen-bond donors (Lipinski definition) is 0. The number of hydrogen-bond acceptors (Lipinski definition) is 3. The molecule has 0 amide bonds. The van der Waals surface area contributed by atoms with Crippen LogP contribution in [0.5, 0.6) is 0 Å². The monoisotopic (exact) mass is 399 g/mol. The van der Waals surface area contributed by atoms with E-state index >= 15 is 0 Å². The Morgan fingerprint density at radius 1 is 1.05 bits per heavy atom. The van der Waals surface area contributed by atoms with E-state index in [0.29, 0.717) is 17.7 Å². The summed E-state index contributed by atoms with van der Waals surface area (Å²) in [6.07, 6.45) is 0. The largest absolute Gasteiger partial charge is 0.372 e. The van der Waals surface area contributed by atoms with Crippen LogP contribution in [0, 0.1) is 10.1 Å². The molecule has 2 aromatic rings. The molecule has 0 atom stereocenters. The van der Waals surface area contributed by atoms with E-state index in [-0.39, 0.29) is 5.69 Å². The van der Waals surface area contributed by atoms with Gasteiger partial charge in [-0.3, -0.25) is 10.1 Å². The Hall–Kier alpha value is -1.24. The van der Waals surface area contributed by atoms with E-state index in [4.69, 9.17) is 4.74 Å². The van der Waals surface area contributed by atoms with Crippen LogP contribution in [-0.2, 0) is 18.0 Å². The third kappa shape index (κ3) is 4.13. The van der Waals surface area contributed by atoms with Crippen LogP contribution < -0.4 is 0 Å². The van der Waals surface area contributed by atoms with Crippen LogP contribution >= 0.6 is 31.9 Å². The van der Waals surface area contributed by atoms with Gasteiger partial charge in [0.05, 0.1) is 22.6 Å². The lowest BCUT2D eigenvalue weighted by Crippen LogP contribution is -1.96. The summed E-state index contributed by atoms with van der Waals surface area (Å²) in [6, 6.07) is 12.8. The first-order valence-electron chi connectivity index (χ1n) is 5.81. The van der Waals surface area contributed by atoms with Crippen molar-refractivity contribution < 1.29 is 9.66 Å². The van der Waals surface area contributed by atoms with Gasteiger partial charge in [-0.1, -0.05) is 34.1 Å². The number of ether oxygens (including phenoxy) is 1. The molecule has 104 valence electrons. The van der Waals surface area contributed by atoms with Gasteiger partial charge < -0.3 is 4.74 Å². The van der Waals surface area contributed by atoms with Gasteiger partial charge in [0, 0.05) is 10.5 Å². The Morgan fingerprint density at radius 2 is 1.75 bits per heavy atom. The van der Waals surface area contributed by atoms with E-state index < -0.39 is 4.92 Å². The molecule has 0 N–H and O–H groups in total. The van der Waals surface area contributed by atoms with Crippen molar-refractivity contribution in [2.45, 2.75) is 13.2 Å². The summed E-state index contributed by atoms with van der Waals surface area (Å²) < 4.78 is 7.05. The summed E-state index contributed by atoms with van der Waals surface area (Å²) in [7, 11) is 0. The topological polar surface area (TPSA) is 52.4 Å². The van der Waals surface area contributed by atoms with Crippen LogP contribution in [0.2, 0.25) is 0 Å². The van der Waals surface area contributed by atoms with Crippen molar-refractivity contribution in [3.05, 3.63) is 72.7 Å². The summed E-state index contributed by atoms with van der Waals surface area (Å²) >= 11 is 6.55. The molecule has 0 saturated carbocycles. The van der Waals surface area contributed by atoms with Gasteiger partial charge in [0.15, 0.2) is 0 Å². The van der Waals surface area contributed by atoms with Crippen molar-refractivity contribution in [3.8, 4) is 0 Å². The van der Waals surface area contributed by atoms with Gasteiger partial charge in [0.2, 0.25) is 0 Å². The van der Waals surface area contributed by atoms with Gasteiger partial charge in [-0.25, -0.2) is 0 Å². The molecular weight excluding hydrogens is 390 g/mol. The molecular formula is C14H11Br2NO3. The van der Waals surface area contributed by atoms with Crippen LogP contribution in [0.4, 0.5) is 5.69 Å². The molecule has 6 heteroatoms. The Labute approximate surface area is 133 Å². The van der Waals surface area contributed by atoms with Gasteiger partial charge in [0.1, 0.15) is 0 Å². The Morgan fingerprint density at radius 3 is 2.40 bits per heavy atom. The molecule has 0 spiro atoms. The molecule has 0 heterocycles. The zero-order valence-electron chi connectivity index (χ0n) is 10.4. The Kier molecular flexibility index (Phi) is 5.28. The third-order valence-corrected chi connectivity index (χ3v) is 3.80. The number of halogens is 2. The first-order valence-corrected chi connectivity index (χ1v) is 7.40. The van der Waals surface area contributed by atoms with Crippen molar-refractivity contribution in [2.24, 2.45) is 0 Å². The van der Waals surface area contributed by atoms with Crippen molar-refractivity contribution >= 4 is 37.5 Å². The van der Waals surface area contributed by atoms with Gasteiger partial charge in [-0.2, -0.15) is 0 Å². The van der Waals surface area contributed by atoms with Gasteiger partial charge in [0.25, 0.3) is 5.69 Å². The third-order valence-electron chi connectivity index (χ3n) is 2.63. The number of nitro benzene ring substituents is 1. The second-order valence-electron chi connectivity index (χ2n) is 4.17. The normalized spacial score (nSPS) is 10.5. The summed E-state index contributed by atoms with van der Waals surface area (Å²) in [4.78, 5) is 10.4. The maximum absolute atomic E-state index is 10.8. The lowest BCUT2D eigenvalue weighted by molar-refractivity contribution is -0.385. The lowest BCUT2D eigenvalue weighted by Gasteiger charge is -2.06. The number of nitrogens with zero attached hydrogens (tertiary/aromatic N) is 1. The minimum Gasteiger partial charge on any atom is -0.372 e. The molecule has 0 bridgehead atoms. The average molecular weight is 401 g/mol. The zero-order chi connectivity index (χ0) is 14.5. The van der Waals surface area contributed by atoms with Crippen LogP contribution in [0.1, 0.15) is 11.1 Å². The summed E-state index contributed by atoms with van der Waals surface area (Å²) in [5.41, 5.74) is 1.87. The molecule has 4 nitrogen and oxygen atoms in total. The van der Waals surface area contributed by atoms with Gasteiger partial charge >= 0.3 is 0 Å². The molecule has 20 heavy (non-hydrogen) atoms. The fourth-order valence-electron chi connectivity index (χ4n) is 1.70. The lowest BCUT2D eigenvalue weighted by atomic mass is 10.2. The first-order chi connectivity index (χ1) is 9.56. The zero-order valence-corrected chi connectivity index (χ0v) is 13.6. The molecule has 0 aliphatic rings. The highest BCUT2D eigenvalue weighted by atomic mass is 79.9. The van der Waals surface area contributed by atoms with Crippen LogP contribution in [0.25, 0.3) is 0 Å². The highest BCUT2D eigenvalue weighted by Crippen LogP contribution is 2.26. The Bertz CT molecular complexity index is 632. The number of benzene rings is 2. The molecule has 0 saturated heterocycles. The van der Waals surface area contributed by atoms with E-state index in [1.54, 1.807) is 12.1 Å². The fourth-order valence-corrected chi connectivity index (χ4v) is 2.54. The van der Waals surface area contributed by atoms with E-state index in [9.17, 15) is 10.1 Å². The van der Waals surface area contributed by atoms with Crippen molar-refractivity contribution in [3.63, 3.8) is 0 Å². The first kappa shape index (κ1) is 15.2. The fraction of sp³-hybridized carbons (Fsp3) is 0.143. The molecule has 0 unspecified atom stereocenters. The molecule has 0 fully saturated rings. The van der Waals surface area contributed by atoms with Gasteiger partial charge in [-0.05, 0) is 45.3 Å². The maximum atomic E-state index is 10.8. The van der Waals surface area contributed by atoms with E-state index in [1.807, 2.05) is 24.3 Å². The van der Waals surface area contributed by atoms with E-state index in [1.165, 1.54) is 6.07 Å².